The van der Waals surface area contributed by atoms with Gasteiger partial charge in [-0.1, -0.05) is 30.3 Å². The zero-order chi connectivity index (χ0) is 14.8. The van der Waals surface area contributed by atoms with Gasteiger partial charge in [-0.3, -0.25) is 0 Å². The number of hydrogen-bond acceptors (Lipinski definition) is 2. The highest BCUT2D eigenvalue weighted by molar-refractivity contribution is 5.77. The lowest BCUT2D eigenvalue weighted by Gasteiger charge is -2.12. The molecule has 3 aromatic rings. The Balaban J connectivity index is 1.78. The van der Waals surface area contributed by atoms with E-state index in [4.69, 9.17) is 0 Å². The van der Waals surface area contributed by atoms with Crippen LogP contribution < -0.4 is 0 Å². The van der Waals surface area contributed by atoms with Crippen molar-refractivity contribution in [3.8, 4) is 0 Å². The van der Waals surface area contributed by atoms with Gasteiger partial charge in [-0.05, 0) is 49.1 Å². The maximum Gasteiger partial charge on any atom is 0.0958 e. The topological polar surface area (TPSA) is 38.0 Å². The van der Waals surface area contributed by atoms with Crippen molar-refractivity contribution in [3.63, 3.8) is 0 Å². The molecule has 108 valence electrons. The van der Waals surface area contributed by atoms with Crippen molar-refractivity contribution in [1.29, 1.82) is 0 Å². The predicted octanol–water partition coefficient (Wildman–Crippen LogP) is 3.78. The van der Waals surface area contributed by atoms with Crippen molar-refractivity contribution in [1.82, 2.24) is 9.55 Å². The summed E-state index contributed by atoms with van der Waals surface area (Å²) in [6.45, 7) is 4.98. The number of aliphatic hydroxyl groups excluding tert-OH is 1. The van der Waals surface area contributed by atoms with E-state index in [9.17, 15) is 5.11 Å². The standard InChI is InChI=1S/C18H20N2O/c1-13-10-16-17(11-14(13)2)20(12-19-16)9-8-18(21)15-6-4-3-5-7-15/h3-7,10-12,18,21H,8-9H2,1-2H3. The number of fused-ring (bicyclic) bond motifs is 1. The number of aryl methyl sites for hydroxylation is 3. The van der Waals surface area contributed by atoms with E-state index in [1.165, 1.54) is 11.1 Å². The second-order valence-electron chi connectivity index (χ2n) is 5.58. The van der Waals surface area contributed by atoms with Crippen molar-refractivity contribution >= 4 is 11.0 Å². The number of aromatic nitrogens is 2. The minimum absolute atomic E-state index is 0.435. The molecule has 3 rings (SSSR count). The maximum absolute atomic E-state index is 10.3. The monoisotopic (exact) mass is 280 g/mol. The highest BCUT2D eigenvalue weighted by atomic mass is 16.3. The number of nitrogens with zero attached hydrogens (tertiary/aromatic N) is 2. The Morgan fingerprint density at radius 2 is 1.81 bits per heavy atom. The summed E-state index contributed by atoms with van der Waals surface area (Å²) in [6.07, 6.45) is 2.11. The number of aliphatic hydroxyl groups is 1. The molecule has 2 aromatic carbocycles. The molecule has 0 bridgehead atoms. The fourth-order valence-corrected chi connectivity index (χ4v) is 2.59. The summed E-state index contributed by atoms with van der Waals surface area (Å²) in [5, 5.41) is 10.3. The number of imidazole rings is 1. The van der Waals surface area contributed by atoms with Crippen molar-refractivity contribution in [2.75, 3.05) is 0 Å². The third kappa shape index (κ3) is 2.83. The van der Waals surface area contributed by atoms with Gasteiger partial charge < -0.3 is 9.67 Å². The molecule has 0 saturated heterocycles. The van der Waals surface area contributed by atoms with Gasteiger partial charge in [0.15, 0.2) is 0 Å². The average Bonchev–Trinajstić information content (AvgIpc) is 2.88. The van der Waals surface area contributed by atoms with E-state index in [-0.39, 0.29) is 0 Å². The average molecular weight is 280 g/mol. The molecule has 0 aliphatic carbocycles. The molecular weight excluding hydrogens is 260 g/mol. The van der Waals surface area contributed by atoms with Gasteiger partial charge in [-0.15, -0.1) is 0 Å². The molecule has 0 fully saturated rings. The third-order valence-corrected chi connectivity index (χ3v) is 4.06. The molecule has 0 spiro atoms. The molecule has 1 heterocycles. The van der Waals surface area contributed by atoms with E-state index in [0.717, 1.165) is 23.1 Å². The van der Waals surface area contributed by atoms with Gasteiger partial charge >= 0.3 is 0 Å². The van der Waals surface area contributed by atoms with Crippen LogP contribution in [-0.2, 0) is 6.54 Å². The zero-order valence-electron chi connectivity index (χ0n) is 12.5. The molecule has 0 aliphatic rings. The minimum Gasteiger partial charge on any atom is -0.388 e. The first-order valence-corrected chi connectivity index (χ1v) is 7.30. The Bertz CT molecular complexity index is 747. The molecule has 0 aliphatic heterocycles. The van der Waals surface area contributed by atoms with Crippen LogP contribution in [0.5, 0.6) is 0 Å². The SMILES string of the molecule is Cc1cc2ncn(CCC(O)c3ccccc3)c2cc1C. The summed E-state index contributed by atoms with van der Waals surface area (Å²) >= 11 is 0. The van der Waals surface area contributed by atoms with Crippen LogP contribution >= 0.6 is 0 Å². The molecule has 3 nitrogen and oxygen atoms in total. The number of hydrogen-bond donors (Lipinski definition) is 1. The largest absolute Gasteiger partial charge is 0.388 e. The minimum atomic E-state index is -0.435. The normalized spacial score (nSPS) is 12.7. The Morgan fingerprint density at radius 1 is 1.10 bits per heavy atom. The smallest absolute Gasteiger partial charge is 0.0958 e. The Morgan fingerprint density at radius 3 is 2.57 bits per heavy atom. The second kappa shape index (κ2) is 5.70. The van der Waals surface area contributed by atoms with Gasteiger partial charge in [0.05, 0.1) is 23.5 Å². The van der Waals surface area contributed by atoms with Crippen molar-refractivity contribution in [2.24, 2.45) is 0 Å². The van der Waals surface area contributed by atoms with Gasteiger partial charge in [-0.2, -0.15) is 0 Å². The van der Waals surface area contributed by atoms with Crippen LogP contribution in [-0.4, -0.2) is 14.7 Å². The van der Waals surface area contributed by atoms with Gasteiger partial charge in [0.1, 0.15) is 0 Å². The first-order valence-electron chi connectivity index (χ1n) is 7.30. The van der Waals surface area contributed by atoms with E-state index in [2.05, 4.69) is 35.5 Å². The summed E-state index contributed by atoms with van der Waals surface area (Å²) in [6, 6.07) is 14.1. The first kappa shape index (κ1) is 13.8. The fourth-order valence-electron chi connectivity index (χ4n) is 2.59. The highest BCUT2D eigenvalue weighted by Crippen LogP contribution is 2.21. The van der Waals surface area contributed by atoms with Crippen molar-refractivity contribution in [3.05, 3.63) is 65.5 Å². The molecule has 0 radical (unpaired) electrons. The van der Waals surface area contributed by atoms with Crippen molar-refractivity contribution in [2.45, 2.75) is 32.9 Å². The highest BCUT2D eigenvalue weighted by Gasteiger charge is 2.09. The second-order valence-corrected chi connectivity index (χ2v) is 5.58. The van der Waals surface area contributed by atoms with E-state index in [0.29, 0.717) is 6.42 Å². The Kier molecular flexibility index (Phi) is 3.76. The van der Waals surface area contributed by atoms with E-state index >= 15 is 0 Å². The fraction of sp³-hybridized carbons (Fsp3) is 0.278. The van der Waals surface area contributed by atoms with Crippen LogP contribution in [0.25, 0.3) is 11.0 Å². The van der Waals surface area contributed by atoms with Gasteiger partial charge in [0.25, 0.3) is 0 Å². The molecule has 21 heavy (non-hydrogen) atoms. The summed E-state index contributed by atoms with van der Waals surface area (Å²) in [5.41, 5.74) is 5.66. The molecular formula is C18H20N2O. The van der Waals surface area contributed by atoms with Crippen LogP contribution in [0.2, 0.25) is 0 Å². The lowest BCUT2D eigenvalue weighted by atomic mass is 10.1. The Labute approximate surface area is 124 Å². The third-order valence-electron chi connectivity index (χ3n) is 4.06. The van der Waals surface area contributed by atoms with Crippen LogP contribution in [0, 0.1) is 13.8 Å². The maximum atomic E-state index is 10.3. The molecule has 1 N–H and O–H groups in total. The van der Waals surface area contributed by atoms with E-state index in [1.54, 1.807) is 0 Å². The lowest BCUT2D eigenvalue weighted by molar-refractivity contribution is 0.161. The first-order chi connectivity index (χ1) is 10.1. The van der Waals surface area contributed by atoms with E-state index in [1.807, 2.05) is 36.7 Å². The lowest BCUT2D eigenvalue weighted by Crippen LogP contribution is -2.04. The number of benzene rings is 2. The van der Waals surface area contributed by atoms with E-state index < -0.39 is 6.10 Å². The summed E-state index contributed by atoms with van der Waals surface area (Å²) in [5.74, 6) is 0. The summed E-state index contributed by atoms with van der Waals surface area (Å²) in [7, 11) is 0. The van der Waals surface area contributed by atoms with Crippen LogP contribution in [0.1, 0.15) is 29.2 Å². The van der Waals surface area contributed by atoms with Crippen LogP contribution in [0.15, 0.2) is 48.8 Å². The molecule has 0 saturated carbocycles. The Hall–Kier alpha value is -2.13. The quantitative estimate of drug-likeness (QED) is 0.790. The van der Waals surface area contributed by atoms with Gasteiger partial charge in [0.2, 0.25) is 0 Å². The van der Waals surface area contributed by atoms with Crippen molar-refractivity contribution < 1.29 is 5.11 Å². The molecule has 1 aromatic heterocycles. The van der Waals surface area contributed by atoms with Gasteiger partial charge in [-0.25, -0.2) is 4.98 Å². The molecule has 0 amide bonds. The molecule has 1 unspecified atom stereocenters. The van der Waals surface area contributed by atoms with Crippen LogP contribution in [0.4, 0.5) is 0 Å². The molecule has 1 atom stereocenters. The molecule has 3 heteroatoms. The zero-order valence-corrected chi connectivity index (χ0v) is 12.5. The van der Waals surface area contributed by atoms with Crippen LogP contribution in [0.3, 0.4) is 0 Å². The predicted molar refractivity (Wildman–Crippen MR) is 85.2 cm³/mol. The summed E-state index contributed by atoms with van der Waals surface area (Å²) < 4.78 is 2.12. The summed E-state index contributed by atoms with van der Waals surface area (Å²) in [4.78, 5) is 4.45. The number of rotatable bonds is 4. The van der Waals surface area contributed by atoms with Gasteiger partial charge in [0, 0.05) is 6.54 Å².